The molecule has 2 rings (SSSR count). The molecule has 0 N–H and O–H groups in total. The van der Waals surface area contributed by atoms with Crippen molar-refractivity contribution in [2.75, 3.05) is 0 Å². The summed E-state index contributed by atoms with van der Waals surface area (Å²) in [6.07, 6.45) is 2.91. The molecule has 0 saturated carbocycles. The highest BCUT2D eigenvalue weighted by Crippen LogP contribution is 2.25. The number of carbonyl (C=O) groups excluding carboxylic acids is 1. The molecule has 2 aromatic carbocycles. The van der Waals surface area contributed by atoms with Crippen LogP contribution in [0.1, 0.15) is 15.9 Å². The lowest BCUT2D eigenvalue weighted by molar-refractivity contribution is 0.104. The van der Waals surface area contributed by atoms with E-state index in [1.54, 1.807) is 24.3 Å². The zero-order chi connectivity index (χ0) is 13.8. The highest BCUT2D eigenvalue weighted by atomic mass is 35.5. The molecule has 0 radical (unpaired) electrons. The minimum Gasteiger partial charge on any atom is -0.289 e. The van der Waals surface area contributed by atoms with Gasteiger partial charge in [-0.1, -0.05) is 29.3 Å². The average Bonchev–Trinajstić information content (AvgIpc) is 2.38. The second-order valence-electron chi connectivity index (χ2n) is 3.84. The van der Waals surface area contributed by atoms with Crippen molar-refractivity contribution in [3.8, 4) is 0 Å². The van der Waals surface area contributed by atoms with Crippen molar-refractivity contribution in [1.29, 1.82) is 0 Å². The Morgan fingerprint density at radius 2 is 1.58 bits per heavy atom. The molecule has 4 heteroatoms. The lowest BCUT2D eigenvalue weighted by Crippen LogP contribution is -1.94. The summed E-state index contributed by atoms with van der Waals surface area (Å²) < 4.78 is 12.7. The van der Waals surface area contributed by atoms with E-state index in [0.717, 1.165) is 0 Å². The average molecular weight is 295 g/mol. The molecule has 0 atom stereocenters. The van der Waals surface area contributed by atoms with Crippen molar-refractivity contribution in [2.24, 2.45) is 0 Å². The van der Waals surface area contributed by atoms with Crippen LogP contribution < -0.4 is 0 Å². The van der Waals surface area contributed by atoms with E-state index in [1.165, 1.54) is 30.3 Å². The van der Waals surface area contributed by atoms with Crippen LogP contribution in [-0.2, 0) is 0 Å². The van der Waals surface area contributed by atoms with Crippen LogP contribution in [0.2, 0.25) is 10.0 Å². The zero-order valence-electron chi connectivity index (χ0n) is 9.74. The van der Waals surface area contributed by atoms with Gasteiger partial charge in [0.05, 0.1) is 0 Å². The number of carbonyl (C=O) groups is 1. The molecule has 0 aliphatic heterocycles. The maximum absolute atomic E-state index is 12.7. The largest absolute Gasteiger partial charge is 0.289 e. The lowest BCUT2D eigenvalue weighted by atomic mass is 10.1. The van der Waals surface area contributed by atoms with Gasteiger partial charge < -0.3 is 0 Å². The van der Waals surface area contributed by atoms with E-state index in [4.69, 9.17) is 23.2 Å². The second kappa shape index (κ2) is 6.00. The maximum Gasteiger partial charge on any atom is 0.185 e. The normalized spacial score (nSPS) is 10.9. The van der Waals surface area contributed by atoms with E-state index in [0.29, 0.717) is 21.2 Å². The van der Waals surface area contributed by atoms with Crippen LogP contribution in [0.3, 0.4) is 0 Å². The summed E-state index contributed by atoms with van der Waals surface area (Å²) in [5, 5.41) is 0.936. The van der Waals surface area contributed by atoms with E-state index in [2.05, 4.69) is 0 Å². The fraction of sp³-hybridized carbons (Fsp3) is 0. The van der Waals surface area contributed by atoms with Gasteiger partial charge in [-0.3, -0.25) is 4.79 Å². The van der Waals surface area contributed by atoms with Crippen molar-refractivity contribution in [3.63, 3.8) is 0 Å². The molecule has 96 valence electrons. The van der Waals surface area contributed by atoms with Crippen molar-refractivity contribution in [3.05, 3.63) is 75.5 Å². The number of benzene rings is 2. The molecule has 0 saturated heterocycles. The van der Waals surface area contributed by atoms with Gasteiger partial charge >= 0.3 is 0 Å². The molecular weight excluding hydrogens is 286 g/mol. The third kappa shape index (κ3) is 3.43. The standard InChI is InChI=1S/C15H9Cl2FO/c16-13-2-1-3-14(17)12(13)8-9-15(19)10-4-6-11(18)7-5-10/h1-9H/b9-8-. The monoisotopic (exact) mass is 294 g/mol. The predicted molar refractivity (Wildman–Crippen MR) is 76.2 cm³/mol. The van der Waals surface area contributed by atoms with E-state index < -0.39 is 0 Å². The van der Waals surface area contributed by atoms with Gasteiger partial charge in [0.15, 0.2) is 5.78 Å². The smallest absolute Gasteiger partial charge is 0.185 e. The Morgan fingerprint density at radius 1 is 1.00 bits per heavy atom. The van der Waals surface area contributed by atoms with Crippen LogP contribution in [-0.4, -0.2) is 5.78 Å². The number of allylic oxidation sites excluding steroid dienone is 1. The van der Waals surface area contributed by atoms with Gasteiger partial charge in [0.2, 0.25) is 0 Å². The number of hydrogen-bond acceptors (Lipinski definition) is 1. The first-order valence-electron chi connectivity index (χ1n) is 5.50. The molecule has 0 heterocycles. The van der Waals surface area contributed by atoms with Crippen molar-refractivity contribution < 1.29 is 9.18 Å². The third-order valence-electron chi connectivity index (χ3n) is 2.53. The minimum atomic E-state index is -0.380. The summed E-state index contributed by atoms with van der Waals surface area (Å²) in [5.74, 6) is -0.620. The minimum absolute atomic E-state index is 0.240. The first kappa shape index (κ1) is 13.8. The molecule has 0 unspecified atom stereocenters. The van der Waals surface area contributed by atoms with E-state index in [9.17, 15) is 9.18 Å². The van der Waals surface area contributed by atoms with E-state index >= 15 is 0 Å². The summed E-state index contributed by atoms with van der Waals surface area (Å²) in [5.41, 5.74) is 0.988. The molecule has 0 aliphatic carbocycles. The van der Waals surface area contributed by atoms with E-state index in [1.807, 2.05) is 0 Å². The zero-order valence-corrected chi connectivity index (χ0v) is 11.3. The van der Waals surface area contributed by atoms with Gasteiger partial charge in [0.25, 0.3) is 0 Å². The molecule has 19 heavy (non-hydrogen) atoms. The Hall–Kier alpha value is -1.64. The van der Waals surface area contributed by atoms with Crippen LogP contribution in [0.4, 0.5) is 4.39 Å². The number of rotatable bonds is 3. The van der Waals surface area contributed by atoms with Crippen LogP contribution in [0.15, 0.2) is 48.5 Å². The maximum atomic E-state index is 12.7. The molecule has 0 fully saturated rings. The highest BCUT2D eigenvalue weighted by Gasteiger charge is 2.04. The SMILES string of the molecule is O=C(/C=C\c1c(Cl)cccc1Cl)c1ccc(F)cc1. The summed E-state index contributed by atoms with van der Waals surface area (Å²) in [7, 11) is 0. The van der Waals surface area contributed by atoms with Gasteiger partial charge in [-0.05, 0) is 48.6 Å². The highest BCUT2D eigenvalue weighted by molar-refractivity contribution is 6.37. The van der Waals surface area contributed by atoms with Gasteiger partial charge in [0, 0.05) is 21.2 Å². The fourth-order valence-electron chi connectivity index (χ4n) is 1.54. The van der Waals surface area contributed by atoms with Crippen LogP contribution in [0, 0.1) is 5.82 Å². The van der Waals surface area contributed by atoms with Gasteiger partial charge in [-0.25, -0.2) is 4.39 Å². The Kier molecular flexibility index (Phi) is 4.35. The molecular formula is C15H9Cl2FO. The van der Waals surface area contributed by atoms with Gasteiger partial charge in [0.1, 0.15) is 5.82 Å². The molecule has 0 aromatic heterocycles. The Balaban J connectivity index is 2.23. The third-order valence-corrected chi connectivity index (χ3v) is 3.19. The molecule has 1 nitrogen and oxygen atoms in total. The number of halogens is 3. The Bertz CT molecular complexity index is 613. The Labute approximate surface area is 120 Å². The second-order valence-corrected chi connectivity index (χ2v) is 4.65. The van der Waals surface area contributed by atoms with Gasteiger partial charge in [-0.2, -0.15) is 0 Å². The molecule has 0 spiro atoms. The van der Waals surface area contributed by atoms with Crippen LogP contribution in [0.25, 0.3) is 6.08 Å². The first-order chi connectivity index (χ1) is 9.08. The topological polar surface area (TPSA) is 17.1 Å². The quantitative estimate of drug-likeness (QED) is 0.573. The number of ketones is 1. The Morgan fingerprint density at radius 3 is 2.16 bits per heavy atom. The first-order valence-corrected chi connectivity index (χ1v) is 6.25. The summed E-state index contributed by atoms with van der Waals surface area (Å²) >= 11 is 12.0. The molecule has 2 aromatic rings. The summed E-state index contributed by atoms with van der Waals surface area (Å²) in [4.78, 5) is 11.9. The number of hydrogen-bond donors (Lipinski definition) is 0. The van der Waals surface area contributed by atoms with Crippen LogP contribution >= 0.6 is 23.2 Å². The lowest BCUT2D eigenvalue weighted by Gasteiger charge is -2.00. The molecule has 0 bridgehead atoms. The van der Waals surface area contributed by atoms with Crippen molar-refractivity contribution in [2.45, 2.75) is 0 Å². The van der Waals surface area contributed by atoms with Crippen LogP contribution in [0.5, 0.6) is 0 Å². The summed E-state index contributed by atoms with van der Waals surface area (Å²) in [6, 6.07) is 10.4. The van der Waals surface area contributed by atoms with Crippen molar-refractivity contribution >= 4 is 35.1 Å². The molecule has 0 amide bonds. The van der Waals surface area contributed by atoms with E-state index in [-0.39, 0.29) is 11.6 Å². The fourth-order valence-corrected chi connectivity index (χ4v) is 2.06. The van der Waals surface area contributed by atoms with Gasteiger partial charge in [-0.15, -0.1) is 0 Å². The van der Waals surface area contributed by atoms with Crippen molar-refractivity contribution in [1.82, 2.24) is 0 Å². The molecule has 0 aliphatic rings. The summed E-state index contributed by atoms with van der Waals surface area (Å²) in [6.45, 7) is 0. The predicted octanol–water partition coefficient (Wildman–Crippen LogP) is 5.03.